The zero-order valence-electron chi connectivity index (χ0n) is 11.6. The van der Waals surface area contributed by atoms with Gasteiger partial charge in [0.15, 0.2) is 0 Å². The number of ether oxygens (including phenoxy) is 1. The Labute approximate surface area is 121 Å². The van der Waals surface area contributed by atoms with Gasteiger partial charge in [-0.1, -0.05) is 29.4 Å². The highest BCUT2D eigenvalue weighted by Gasteiger charge is 2.15. The molecule has 0 saturated carbocycles. The van der Waals surface area contributed by atoms with Gasteiger partial charge in [-0.3, -0.25) is 4.98 Å². The second-order valence-electron chi connectivity index (χ2n) is 4.71. The number of nitrogens with zero attached hydrogens (tertiary/aromatic N) is 3. The first-order valence-corrected chi connectivity index (χ1v) is 6.61. The Balaban J connectivity index is 1.91. The standard InChI is InChI=1S/C15H15N3O3/c1-20-9-11(19)8-13-17-15(18-21-13)14-12-5-3-2-4-10(12)6-7-16-14/h2-7,11,19H,8-9H2,1H3. The maximum atomic E-state index is 9.69. The normalized spacial score (nSPS) is 12.7. The number of hydrogen-bond donors (Lipinski definition) is 1. The number of aromatic nitrogens is 3. The van der Waals surface area contributed by atoms with Crippen LogP contribution in [0.25, 0.3) is 22.3 Å². The molecule has 1 atom stereocenters. The second-order valence-corrected chi connectivity index (χ2v) is 4.71. The summed E-state index contributed by atoms with van der Waals surface area (Å²) in [4.78, 5) is 8.63. The molecule has 0 saturated heterocycles. The van der Waals surface area contributed by atoms with Crippen LogP contribution in [-0.2, 0) is 11.2 Å². The summed E-state index contributed by atoms with van der Waals surface area (Å²) in [6.07, 6.45) is 1.31. The highest BCUT2D eigenvalue weighted by molar-refractivity contribution is 5.92. The van der Waals surface area contributed by atoms with Gasteiger partial charge in [-0.05, 0) is 11.5 Å². The number of aliphatic hydroxyl groups excluding tert-OH is 1. The topological polar surface area (TPSA) is 81.3 Å². The SMILES string of the molecule is COCC(O)Cc1nc(-c2nccc3ccccc23)no1. The summed E-state index contributed by atoms with van der Waals surface area (Å²) in [5.74, 6) is 0.788. The molecule has 2 aromatic heterocycles. The first kappa shape index (κ1) is 13.7. The van der Waals surface area contributed by atoms with Crippen LogP contribution in [0.15, 0.2) is 41.1 Å². The summed E-state index contributed by atoms with van der Waals surface area (Å²) >= 11 is 0. The molecule has 6 heteroatoms. The Hall–Kier alpha value is -2.31. The molecule has 2 heterocycles. The van der Waals surface area contributed by atoms with Gasteiger partial charge in [0.1, 0.15) is 5.69 Å². The monoisotopic (exact) mass is 285 g/mol. The zero-order valence-corrected chi connectivity index (χ0v) is 11.6. The Morgan fingerprint density at radius 3 is 3.00 bits per heavy atom. The second kappa shape index (κ2) is 5.99. The van der Waals surface area contributed by atoms with Crippen molar-refractivity contribution in [2.24, 2.45) is 0 Å². The van der Waals surface area contributed by atoms with Crippen LogP contribution >= 0.6 is 0 Å². The van der Waals surface area contributed by atoms with Crippen LogP contribution < -0.4 is 0 Å². The van der Waals surface area contributed by atoms with Crippen molar-refractivity contribution in [3.05, 3.63) is 42.4 Å². The van der Waals surface area contributed by atoms with Crippen LogP contribution in [0.5, 0.6) is 0 Å². The zero-order chi connectivity index (χ0) is 14.7. The summed E-state index contributed by atoms with van der Waals surface area (Å²) in [6, 6.07) is 9.81. The largest absolute Gasteiger partial charge is 0.390 e. The highest BCUT2D eigenvalue weighted by Crippen LogP contribution is 2.24. The van der Waals surface area contributed by atoms with Crippen LogP contribution in [0.3, 0.4) is 0 Å². The van der Waals surface area contributed by atoms with E-state index >= 15 is 0 Å². The van der Waals surface area contributed by atoms with E-state index in [4.69, 9.17) is 9.26 Å². The molecule has 0 aliphatic heterocycles. The summed E-state index contributed by atoms with van der Waals surface area (Å²) in [5.41, 5.74) is 0.671. The van der Waals surface area contributed by atoms with Crippen molar-refractivity contribution in [2.75, 3.05) is 13.7 Å². The van der Waals surface area contributed by atoms with Gasteiger partial charge in [0.05, 0.1) is 19.1 Å². The van der Waals surface area contributed by atoms with Gasteiger partial charge in [-0.15, -0.1) is 0 Å². The quantitative estimate of drug-likeness (QED) is 0.770. The molecule has 0 aliphatic carbocycles. The molecule has 3 aromatic rings. The summed E-state index contributed by atoms with van der Waals surface area (Å²) in [5, 5.41) is 15.7. The number of fused-ring (bicyclic) bond motifs is 1. The number of hydrogen-bond acceptors (Lipinski definition) is 6. The van der Waals surface area contributed by atoms with E-state index in [0.717, 1.165) is 10.8 Å². The van der Waals surface area contributed by atoms with E-state index in [1.807, 2.05) is 30.3 Å². The predicted molar refractivity (Wildman–Crippen MR) is 76.6 cm³/mol. The molecule has 1 N–H and O–H groups in total. The van der Waals surface area contributed by atoms with Crippen molar-refractivity contribution >= 4 is 10.8 Å². The lowest BCUT2D eigenvalue weighted by Gasteiger charge is -2.04. The fraction of sp³-hybridized carbons (Fsp3) is 0.267. The lowest BCUT2D eigenvalue weighted by molar-refractivity contribution is 0.0599. The molecule has 0 fully saturated rings. The molecule has 3 rings (SSSR count). The van der Waals surface area contributed by atoms with Crippen LogP contribution in [0.1, 0.15) is 5.89 Å². The van der Waals surface area contributed by atoms with E-state index in [9.17, 15) is 5.11 Å². The number of methoxy groups -OCH3 is 1. The third-order valence-electron chi connectivity index (χ3n) is 3.12. The molecule has 0 spiro atoms. The van der Waals surface area contributed by atoms with E-state index in [1.165, 1.54) is 7.11 Å². The molecular formula is C15H15N3O3. The Morgan fingerprint density at radius 2 is 2.14 bits per heavy atom. The number of aliphatic hydroxyl groups is 1. The third kappa shape index (κ3) is 2.91. The number of rotatable bonds is 5. The van der Waals surface area contributed by atoms with Gasteiger partial charge in [-0.25, -0.2) is 0 Å². The van der Waals surface area contributed by atoms with Crippen LogP contribution in [-0.4, -0.2) is 40.1 Å². The van der Waals surface area contributed by atoms with Gasteiger partial charge in [-0.2, -0.15) is 4.98 Å². The van der Waals surface area contributed by atoms with E-state index < -0.39 is 6.10 Å². The van der Waals surface area contributed by atoms with Gasteiger partial charge < -0.3 is 14.4 Å². The first-order chi connectivity index (χ1) is 10.3. The maximum Gasteiger partial charge on any atom is 0.229 e. The van der Waals surface area contributed by atoms with Crippen molar-refractivity contribution in [3.8, 4) is 11.5 Å². The molecule has 0 bridgehead atoms. The summed E-state index contributed by atoms with van der Waals surface area (Å²) < 4.78 is 10.0. The minimum atomic E-state index is -0.663. The van der Waals surface area contributed by atoms with E-state index in [0.29, 0.717) is 17.4 Å². The Kier molecular flexibility index (Phi) is 3.89. The van der Waals surface area contributed by atoms with E-state index in [-0.39, 0.29) is 13.0 Å². The maximum absolute atomic E-state index is 9.69. The molecule has 6 nitrogen and oxygen atoms in total. The van der Waals surface area contributed by atoms with E-state index in [2.05, 4.69) is 15.1 Å². The Bertz CT molecular complexity index is 736. The molecule has 0 amide bonds. The minimum absolute atomic E-state index is 0.226. The molecule has 0 radical (unpaired) electrons. The summed E-state index contributed by atoms with van der Waals surface area (Å²) in [6.45, 7) is 0.226. The van der Waals surface area contributed by atoms with Crippen LogP contribution in [0.4, 0.5) is 0 Å². The average molecular weight is 285 g/mol. The number of benzene rings is 1. The first-order valence-electron chi connectivity index (χ1n) is 6.61. The van der Waals surface area contributed by atoms with Gasteiger partial charge in [0, 0.05) is 18.7 Å². The summed E-state index contributed by atoms with van der Waals surface area (Å²) in [7, 11) is 1.53. The lowest BCUT2D eigenvalue weighted by atomic mass is 10.1. The van der Waals surface area contributed by atoms with Crippen molar-refractivity contribution in [3.63, 3.8) is 0 Å². The average Bonchev–Trinajstić information content (AvgIpc) is 2.95. The molecule has 1 unspecified atom stereocenters. The fourth-order valence-electron chi connectivity index (χ4n) is 2.18. The van der Waals surface area contributed by atoms with Gasteiger partial charge >= 0.3 is 0 Å². The minimum Gasteiger partial charge on any atom is -0.390 e. The van der Waals surface area contributed by atoms with Crippen molar-refractivity contribution in [1.82, 2.24) is 15.1 Å². The lowest BCUT2D eigenvalue weighted by Crippen LogP contribution is -2.17. The fourth-order valence-corrected chi connectivity index (χ4v) is 2.18. The molecule has 1 aromatic carbocycles. The van der Waals surface area contributed by atoms with Gasteiger partial charge in [0.2, 0.25) is 11.7 Å². The Morgan fingerprint density at radius 1 is 1.29 bits per heavy atom. The van der Waals surface area contributed by atoms with E-state index in [1.54, 1.807) is 6.20 Å². The number of pyridine rings is 1. The molecule has 0 aliphatic rings. The molecule has 21 heavy (non-hydrogen) atoms. The molecule has 108 valence electrons. The molecular weight excluding hydrogens is 270 g/mol. The predicted octanol–water partition coefficient (Wildman–Crippen LogP) is 1.83. The van der Waals surface area contributed by atoms with Crippen LogP contribution in [0, 0.1) is 0 Å². The van der Waals surface area contributed by atoms with Crippen molar-refractivity contribution in [2.45, 2.75) is 12.5 Å². The van der Waals surface area contributed by atoms with Crippen molar-refractivity contribution < 1.29 is 14.4 Å². The van der Waals surface area contributed by atoms with Crippen LogP contribution in [0.2, 0.25) is 0 Å². The van der Waals surface area contributed by atoms with Gasteiger partial charge in [0.25, 0.3) is 0 Å². The third-order valence-corrected chi connectivity index (χ3v) is 3.12. The highest BCUT2D eigenvalue weighted by atomic mass is 16.5. The van der Waals surface area contributed by atoms with Crippen molar-refractivity contribution in [1.29, 1.82) is 0 Å². The smallest absolute Gasteiger partial charge is 0.229 e.